The predicted molar refractivity (Wildman–Crippen MR) is 90.6 cm³/mol. The molecule has 0 radical (unpaired) electrons. The number of hydrogen-bond acceptors (Lipinski definition) is 2. The number of hydrogen-bond donors (Lipinski definition) is 2. The molecular formula is C16H17IN2O. The number of aryl methyl sites for hydroxylation is 1. The standard InChI is InChI=1S/C16H17IN2O/c1-11-9-13(17)7-8-15(11)19-16(20)14(18)10-12-5-3-2-4-6-12/h2-9,14H,10,18H2,1H3,(H,19,20)/t14-/m1/s1. The van der Waals surface area contributed by atoms with Gasteiger partial charge in [0.25, 0.3) is 0 Å². The Morgan fingerprint density at radius 1 is 1.25 bits per heavy atom. The SMILES string of the molecule is Cc1cc(I)ccc1NC(=O)[C@H](N)Cc1ccccc1. The van der Waals surface area contributed by atoms with Gasteiger partial charge in [0.1, 0.15) is 0 Å². The largest absolute Gasteiger partial charge is 0.324 e. The first-order chi connectivity index (χ1) is 9.56. The van der Waals surface area contributed by atoms with Crippen molar-refractivity contribution in [2.45, 2.75) is 19.4 Å². The second-order valence-corrected chi connectivity index (χ2v) is 5.99. The van der Waals surface area contributed by atoms with Crippen LogP contribution in [0.2, 0.25) is 0 Å². The van der Waals surface area contributed by atoms with Crippen molar-refractivity contribution in [1.29, 1.82) is 0 Å². The van der Waals surface area contributed by atoms with Crippen molar-refractivity contribution in [1.82, 2.24) is 0 Å². The van der Waals surface area contributed by atoms with Crippen molar-refractivity contribution in [3.8, 4) is 0 Å². The molecule has 20 heavy (non-hydrogen) atoms. The first-order valence-electron chi connectivity index (χ1n) is 6.43. The molecule has 0 saturated carbocycles. The number of nitrogens with one attached hydrogen (secondary N) is 1. The highest BCUT2D eigenvalue weighted by molar-refractivity contribution is 14.1. The average Bonchev–Trinajstić information content (AvgIpc) is 2.43. The molecule has 0 aliphatic heterocycles. The molecule has 3 N–H and O–H groups in total. The molecule has 0 unspecified atom stereocenters. The second-order valence-electron chi connectivity index (χ2n) is 4.74. The van der Waals surface area contributed by atoms with Crippen LogP contribution in [0.5, 0.6) is 0 Å². The van der Waals surface area contributed by atoms with Crippen LogP contribution in [0.15, 0.2) is 48.5 Å². The molecule has 0 saturated heterocycles. The molecule has 0 aliphatic carbocycles. The molecule has 3 nitrogen and oxygen atoms in total. The number of nitrogens with two attached hydrogens (primary N) is 1. The minimum Gasteiger partial charge on any atom is -0.324 e. The van der Waals surface area contributed by atoms with Crippen molar-refractivity contribution in [3.05, 3.63) is 63.2 Å². The van der Waals surface area contributed by atoms with Crippen LogP contribution >= 0.6 is 22.6 Å². The van der Waals surface area contributed by atoms with E-state index in [2.05, 4.69) is 27.9 Å². The molecule has 0 heterocycles. The Hall–Kier alpha value is -1.40. The van der Waals surface area contributed by atoms with Gasteiger partial charge in [-0.05, 0) is 65.3 Å². The third-order valence-electron chi connectivity index (χ3n) is 3.08. The van der Waals surface area contributed by atoms with Crippen LogP contribution in [0, 0.1) is 10.5 Å². The van der Waals surface area contributed by atoms with E-state index in [0.29, 0.717) is 6.42 Å². The van der Waals surface area contributed by atoms with Crippen molar-refractivity contribution in [2.75, 3.05) is 5.32 Å². The zero-order valence-corrected chi connectivity index (χ0v) is 13.4. The highest BCUT2D eigenvalue weighted by Crippen LogP contribution is 2.18. The van der Waals surface area contributed by atoms with Crippen LogP contribution < -0.4 is 11.1 Å². The summed E-state index contributed by atoms with van der Waals surface area (Å²) in [5.74, 6) is -0.154. The van der Waals surface area contributed by atoms with Gasteiger partial charge in [-0.3, -0.25) is 4.79 Å². The number of benzene rings is 2. The number of anilines is 1. The molecule has 0 bridgehead atoms. The lowest BCUT2D eigenvalue weighted by Gasteiger charge is -2.14. The van der Waals surface area contributed by atoms with E-state index < -0.39 is 6.04 Å². The maximum Gasteiger partial charge on any atom is 0.241 e. The Morgan fingerprint density at radius 3 is 2.60 bits per heavy atom. The smallest absolute Gasteiger partial charge is 0.241 e. The van der Waals surface area contributed by atoms with E-state index in [0.717, 1.165) is 20.4 Å². The van der Waals surface area contributed by atoms with Crippen LogP contribution in [0.4, 0.5) is 5.69 Å². The van der Waals surface area contributed by atoms with Gasteiger partial charge in [0.2, 0.25) is 5.91 Å². The van der Waals surface area contributed by atoms with Crippen molar-refractivity contribution in [3.63, 3.8) is 0 Å². The maximum atomic E-state index is 12.1. The highest BCUT2D eigenvalue weighted by atomic mass is 127. The molecular weight excluding hydrogens is 363 g/mol. The molecule has 0 fully saturated rings. The number of amides is 1. The normalized spacial score (nSPS) is 11.9. The number of rotatable bonds is 4. The quantitative estimate of drug-likeness (QED) is 0.801. The van der Waals surface area contributed by atoms with Crippen LogP contribution in [-0.2, 0) is 11.2 Å². The second kappa shape index (κ2) is 6.85. The van der Waals surface area contributed by atoms with Crippen LogP contribution in [-0.4, -0.2) is 11.9 Å². The summed E-state index contributed by atoms with van der Waals surface area (Å²) < 4.78 is 1.15. The lowest BCUT2D eigenvalue weighted by Crippen LogP contribution is -2.37. The topological polar surface area (TPSA) is 55.1 Å². The summed E-state index contributed by atoms with van der Waals surface area (Å²) in [5, 5.41) is 2.89. The Bertz CT molecular complexity index is 599. The number of carbonyl (C=O) groups excluding carboxylic acids is 1. The summed E-state index contributed by atoms with van der Waals surface area (Å²) in [6.45, 7) is 1.97. The third kappa shape index (κ3) is 4.05. The van der Waals surface area contributed by atoms with Crippen molar-refractivity contribution >= 4 is 34.2 Å². The number of carbonyl (C=O) groups is 1. The van der Waals surface area contributed by atoms with Crippen molar-refractivity contribution in [2.24, 2.45) is 5.73 Å². The lowest BCUT2D eigenvalue weighted by molar-refractivity contribution is -0.117. The molecule has 4 heteroatoms. The average molecular weight is 380 g/mol. The molecule has 1 atom stereocenters. The highest BCUT2D eigenvalue weighted by Gasteiger charge is 2.14. The summed E-state index contributed by atoms with van der Waals surface area (Å²) in [6.07, 6.45) is 0.538. The van der Waals surface area contributed by atoms with E-state index in [-0.39, 0.29) is 5.91 Å². The van der Waals surface area contributed by atoms with Gasteiger partial charge in [-0.1, -0.05) is 30.3 Å². The van der Waals surface area contributed by atoms with Gasteiger partial charge in [0.15, 0.2) is 0 Å². The van der Waals surface area contributed by atoms with E-state index in [1.165, 1.54) is 0 Å². The Kier molecular flexibility index (Phi) is 5.14. The molecule has 0 spiro atoms. The molecule has 1 amide bonds. The van der Waals surface area contributed by atoms with E-state index in [1.807, 2.05) is 55.5 Å². The fourth-order valence-corrected chi connectivity index (χ4v) is 2.60. The molecule has 2 rings (SSSR count). The van der Waals surface area contributed by atoms with Gasteiger partial charge in [0, 0.05) is 9.26 Å². The minimum absolute atomic E-state index is 0.154. The molecule has 2 aromatic carbocycles. The minimum atomic E-state index is -0.545. The van der Waals surface area contributed by atoms with E-state index in [4.69, 9.17) is 5.73 Å². The monoisotopic (exact) mass is 380 g/mol. The van der Waals surface area contributed by atoms with E-state index >= 15 is 0 Å². The maximum absolute atomic E-state index is 12.1. The van der Waals surface area contributed by atoms with Gasteiger partial charge in [-0.25, -0.2) is 0 Å². The summed E-state index contributed by atoms with van der Waals surface area (Å²) >= 11 is 2.25. The molecule has 0 aliphatic rings. The van der Waals surface area contributed by atoms with Gasteiger partial charge in [-0.15, -0.1) is 0 Å². The van der Waals surface area contributed by atoms with Crippen LogP contribution in [0.25, 0.3) is 0 Å². The zero-order chi connectivity index (χ0) is 14.5. The molecule has 0 aromatic heterocycles. The molecule has 2 aromatic rings. The van der Waals surface area contributed by atoms with E-state index in [1.54, 1.807) is 0 Å². The molecule has 104 valence electrons. The fraction of sp³-hybridized carbons (Fsp3) is 0.188. The van der Waals surface area contributed by atoms with Crippen LogP contribution in [0.3, 0.4) is 0 Å². The fourth-order valence-electron chi connectivity index (χ4n) is 1.95. The van der Waals surface area contributed by atoms with Gasteiger partial charge < -0.3 is 11.1 Å². The van der Waals surface area contributed by atoms with Gasteiger partial charge in [-0.2, -0.15) is 0 Å². The van der Waals surface area contributed by atoms with Gasteiger partial charge in [0.05, 0.1) is 6.04 Å². The van der Waals surface area contributed by atoms with Crippen molar-refractivity contribution < 1.29 is 4.79 Å². The first kappa shape index (κ1) is 15.0. The number of halogens is 1. The van der Waals surface area contributed by atoms with E-state index in [9.17, 15) is 4.79 Å². The first-order valence-corrected chi connectivity index (χ1v) is 7.50. The Labute approximate surface area is 132 Å². The summed E-state index contributed by atoms with van der Waals surface area (Å²) in [7, 11) is 0. The zero-order valence-electron chi connectivity index (χ0n) is 11.3. The summed E-state index contributed by atoms with van der Waals surface area (Å²) in [4.78, 5) is 12.1. The Balaban J connectivity index is 2.01. The lowest BCUT2D eigenvalue weighted by atomic mass is 10.1. The predicted octanol–water partition coefficient (Wildman–Crippen LogP) is 3.11. The summed E-state index contributed by atoms with van der Waals surface area (Å²) in [5.41, 5.74) is 8.89. The van der Waals surface area contributed by atoms with Crippen LogP contribution in [0.1, 0.15) is 11.1 Å². The third-order valence-corrected chi connectivity index (χ3v) is 3.75. The summed E-state index contributed by atoms with van der Waals surface area (Å²) in [6, 6.07) is 15.1. The Morgan fingerprint density at radius 2 is 1.95 bits per heavy atom. The van der Waals surface area contributed by atoms with Gasteiger partial charge >= 0.3 is 0 Å².